The van der Waals surface area contributed by atoms with Gasteiger partial charge in [0.05, 0.1) is 7.11 Å². The molecule has 4 heteroatoms. The first-order chi connectivity index (χ1) is 12.6. The lowest BCUT2D eigenvalue weighted by Crippen LogP contribution is -2.60. The summed E-state index contributed by atoms with van der Waals surface area (Å²) in [6.45, 7) is 0. The van der Waals surface area contributed by atoms with Crippen molar-refractivity contribution in [3.63, 3.8) is 0 Å². The highest BCUT2D eigenvalue weighted by Crippen LogP contribution is 2.61. The van der Waals surface area contributed by atoms with Crippen molar-refractivity contribution >= 4 is 11.9 Å². The highest BCUT2D eigenvalue weighted by molar-refractivity contribution is 5.85. The number of carbonyl (C=O) groups excluding carboxylic acids is 2. The van der Waals surface area contributed by atoms with Crippen LogP contribution in [-0.2, 0) is 14.3 Å². The van der Waals surface area contributed by atoms with Gasteiger partial charge in [-0.05, 0) is 68.6 Å². The number of amides is 1. The number of carbonyl (C=O) groups is 2. The largest absolute Gasteiger partial charge is 0.467 e. The maximum atomic E-state index is 12.7. The molecule has 0 saturated heterocycles. The Morgan fingerprint density at radius 3 is 2.12 bits per heavy atom. The Hall–Kier alpha value is -1.06. The average Bonchev–Trinajstić information content (AvgIpc) is 2.63. The van der Waals surface area contributed by atoms with Gasteiger partial charge in [-0.25, -0.2) is 4.79 Å². The van der Waals surface area contributed by atoms with Crippen LogP contribution in [0.15, 0.2) is 0 Å². The third kappa shape index (κ3) is 3.66. The number of nitrogens with one attached hydrogen (secondary N) is 1. The molecule has 5 rings (SSSR count). The average molecular weight is 362 g/mol. The van der Waals surface area contributed by atoms with E-state index >= 15 is 0 Å². The van der Waals surface area contributed by atoms with Crippen molar-refractivity contribution in [2.24, 2.45) is 29.1 Å². The Morgan fingerprint density at radius 1 is 1.00 bits per heavy atom. The Labute approximate surface area is 157 Å². The quantitative estimate of drug-likeness (QED) is 0.721. The number of hydrogen-bond donors (Lipinski definition) is 1. The second kappa shape index (κ2) is 7.52. The summed E-state index contributed by atoms with van der Waals surface area (Å²) >= 11 is 0. The van der Waals surface area contributed by atoms with Crippen LogP contribution in [-0.4, -0.2) is 25.0 Å². The Bertz CT molecular complexity index is 502. The highest BCUT2D eigenvalue weighted by Gasteiger charge is 2.56. The van der Waals surface area contributed by atoms with Crippen LogP contribution in [0.2, 0.25) is 0 Å². The molecule has 5 aliphatic rings. The first-order valence-electron chi connectivity index (χ1n) is 10.9. The van der Waals surface area contributed by atoms with E-state index in [-0.39, 0.29) is 17.3 Å². The molecule has 1 N–H and O–H groups in total. The van der Waals surface area contributed by atoms with Gasteiger partial charge in [0.15, 0.2) is 0 Å². The van der Waals surface area contributed by atoms with Crippen LogP contribution in [0, 0.1) is 29.1 Å². The monoisotopic (exact) mass is 361 g/mol. The minimum atomic E-state index is -0.431. The van der Waals surface area contributed by atoms with E-state index in [4.69, 9.17) is 4.74 Å². The summed E-state index contributed by atoms with van der Waals surface area (Å²) < 4.78 is 5.14. The smallest absolute Gasteiger partial charge is 0.328 e. The van der Waals surface area contributed by atoms with Crippen molar-refractivity contribution < 1.29 is 14.3 Å². The van der Waals surface area contributed by atoms with Gasteiger partial charge >= 0.3 is 5.97 Å². The van der Waals surface area contributed by atoms with E-state index < -0.39 is 6.04 Å². The third-order valence-corrected chi connectivity index (χ3v) is 7.94. The molecule has 4 bridgehead atoms. The van der Waals surface area contributed by atoms with Gasteiger partial charge in [0.2, 0.25) is 5.91 Å². The summed E-state index contributed by atoms with van der Waals surface area (Å²) in [5.74, 6) is 2.80. The second-order valence-corrected chi connectivity index (χ2v) is 9.85. The fraction of sp³-hybridized carbons (Fsp3) is 0.909. The van der Waals surface area contributed by atoms with Crippen LogP contribution in [0.25, 0.3) is 0 Å². The van der Waals surface area contributed by atoms with Crippen molar-refractivity contribution in [3.8, 4) is 0 Å². The first-order valence-corrected chi connectivity index (χ1v) is 10.9. The molecule has 146 valence electrons. The van der Waals surface area contributed by atoms with Crippen molar-refractivity contribution in [2.45, 2.75) is 89.5 Å². The number of methoxy groups -OCH3 is 1. The molecule has 5 aliphatic carbocycles. The lowest BCUT2D eigenvalue weighted by molar-refractivity contribution is -0.157. The zero-order valence-corrected chi connectivity index (χ0v) is 16.3. The van der Waals surface area contributed by atoms with E-state index in [0.717, 1.165) is 43.4 Å². The minimum Gasteiger partial charge on any atom is -0.467 e. The van der Waals surface area contributed by atoms with E-state index in [2.05, 4.69) is 5.32 Å². The van der Waals surface area contributed by atoms with Crippen molar-refractivity contribution in [3.05, 3.63) is 0 Å². The lowest BCUT2D eigenvalue weighted by atomic mass is 9.47. The van der Waals surface area contributed by atoms with Crippen LogP contribution in [0.4, 0.5) is 0 Å². The molecule has 1 atom stereocenters. The van der Waals surface area contributed by atoms with Crippen LogP contribution in [0.3, 0.4) is 0 Å². The van der Waals surface area contributed by atoms with E-state index in [1.807, 2.05) is 0 Å². The summed E-state index contributed by atoms with van der Waals surface area (Å²) in [5.41, 5.74) is -0.0393. The van der Waals surface area contributed by atoms with Gasteiger partial charge in [-0.3, -0.25) is 4.79 Å². The molecule has 4 nitrogen and oxygen atoms in total. The predicted molar refractivity (Wildman–Crippen MR) is 100 cm³/mol. The molecule has 0 radical (unpaired) electrons. The maximum Gasteiger partial charge on any atom is 0.328 e. The number of rotatable bonds is 6. The summed E-state index contributed by atoms with van der Waals surface area (Å²) in [6.07, 6.45) is 15.3. The van der Waals surface area contributed by atoms with Crippen LogP contribution < -0.4 is 5.32 Å². The molecule has 1 amide bonds. The zero-order valence-electron chi connectivity index (χ0n) is 16.3. The van der Waals surface area contributed by atoms with Crippen LogP contribution in [0.1, 0.15) is 83.5 Å². The molecule has 0 aromatic rings. The van der Waals surface area contributed by atoms with Gasteiger partial charge in [-0.15, -0.1) is 0 Å². The first kappa shape index (κ1) is 18.3. The fourth-order valence-electron chi connectivity index (χ4n) is 7.16. The Balaban J connectivity index is 1.40. The molecule has 0 unspecified atom stereocenters. The molecule has 5 saturated carbocycles. The zero-order chi connectivity index (χ0) is 18.1. The maximum absolute atomic E-state index is 12.7. The normalized spacial score (nSPS) is 37.3. The SMILES string of the molecule is COC(=O)[C@H](NC(=O)CCC1CCCCC1)C12CC3CC(CC(C3)C1)C2. The van der Waals surface area contributed by atoms with E-state index in [9.17, 15) is 9.59 Å². The van der Waals surface area contributed by atoms with Gasteiger partial charge < -0.3 is 10.1 Å². The minimum absolute atomic E-state index is 0.0393. The summed E-state index contributed by atoms with van der Waals surface area (Å²) in [6, 6.07) is -0.431. The number of esters is 1. The van der Waals surface area contributed by atoms with Crippen molar-refractivity contribution in [1.82, 2.24) is 5.32 Å². The van der Waals surface area contributed by atoms with E-state index in [1.165, 1.54) is 58.5 Å². The summed E-state index contributed by atoms with van der Waals surface area (Å²) in [7, 11) is 1.46. The van der Waals surface area contributed by atoms with Gasteiger partial charge in [0, 0.05) is 11.8 Å². The molecule has 0 aromatic carbocycles. The molecular weight excluding hydrogens is 326 g/mol. The fourth-order valence-corrected chi connectivity index (χ4v) is 7.16. The van der Waals surface area contributed by atoms with Gasteiger partial charge in [0.25, 0.3) is 0 Å². The Morgan fingerprint density at radius 2 is 1.58 bits per heavy atom. The molecule has 26 heavy (non-hydrogen) atoms. The molecule has 0 heterocycles. The molecule has 0 aromatic heterocycles. The summed E-state index contributed by atoms with van der Waals surface area (Å²) in [5, 5.41) is 3.15. The highest BCUT2D eigenvalue weighted by atomic mass is 16.5. The van der Waals surface area contributed by atoms with E-state index in [1.54, 1.807) is 0 Å². The number of ether oxygens (including phenoxy) is 1. The van der Waals surface area contributed by atoms with Crippen LogP contribution >= 0.6 is 0 Å². The molecular formula is C22H35NO3. The van der Waals surface area contributed by atoms with Crippen molar-refractivity contribution in [1.29, 1.82) is 0 Å². The van der Waals surface area contributed by atoms with Crippen LogP contribution in [0.5, 0.6) is 0 Å². The number of hydrogen-bond acceptors (Lipinski definition) is 3. The Kier molecular flexibility index (Phi) is 5.29. The standard InChI is InChI=1S/C22H35NO3/c1-26-21(25)20(23-19(24)8-7-15-5-3-2-4-6-15)22-12-16-9-17(13-22)11-18(10-16)14-22/h15-18,20H,2-14H2,1H3,(H,23,24)/t16?,17?,18?,20-,22?/m0/s1. The molecule has 5 fully saturated rings. The third-order valence-electron chi connectivity index (χ3n) is 7.94. The second-order valence-electron chi connectivity index (χ2n) is 9.85. The van der Waals surface area contributed by atoms with Gasteiger partial charge in [0.1, 0.15) is 6.04 Å². The topological polar surface area (TPSA) is 55.4 Å². The summed E-state index contributed by atoms with van der Waals surface area (Å²) in [4.78, 5) is 25.3. The van der Waals surface area contributed by atoms with Gasteiger partial charge in [-0.1, -0.05) is 32.1 Å². The molecule has 0 aliphatic heterocycles. The predicted octanol–water partition coefficient (Wildman–Crippen LogP) is 4.22. The van der Waals surface area contributed by atoms with E-state index in [0.29, 0.717) is 12.3 Å². The van der Waals surface area contributed by atoms with Gasteiger partial charge in [-0.2, -0.15) is 0 Å². The molecule has 0 spiro atoms. The lowest BCUT2D eigenvalue weighted by Gasteiger charge is -2.58. The van der Waals surface area contributed by atoms with Crippen molar-refractivity contribution in [2.75, 3.05) is 7.11 Å².